The molecular weight excluding hydrogens is 519 g/mol. The maximum atomic E-state index is 12.4. The molecule has 3 heterocycles. The highest BCUT2D eigenvalue weighted by molar-refractivity contribution is 7.07. The van der Waals surface area contributed by atoms with Crippen molar-refractivity contribution < 1.29 is 28.3 Å². The second-order valence-electron chi connectivity index (χ2n) is 7.66. The van der Waals surface area contributed by atoms with Crippen molar-refractivity contribution in [3.05, 3.63) is 56.7 Å². The molecule has 1 fully saturated rings. The Morgan fingerprint density at radius 1 is 1.23 bits per heavy atom. The van der Waals surface area contributed by atoms with Crippen molar-refractivity contribution in [2.45, 2.75) is 31.3 Å². The van der Waals surface area contributed by atoms with Gasteiger partial charge < -0.3 is 18.7 Å². The molecule has 1 aromatic carbocycles. The lowest BCUT2D eigenvalue weighted by Crippen LogP contribution is -2.19. The quantitative estimate of drug-likeness (QED) is 0.323. The number of anilines is 1. The van der Waals surface area contributed by atoms with E-state index < -0.39 is 23.6 Å². The van der Waals surface area contributed by atoms with E-state index in [1.807, 2.05) is 0 Å². The number of nitrogens with zero attached hydrogens (tertiary/aromatic N) is 3. The lowest BCUT2D eigenvalue weighted by molar-refractivity contribution is -0.140. The minimum Gasteiger partial charge on any atom is -0.480 e. The highest BCUT2D eigenvalue weighted by Crippen LogP contribution is 2.48. The average Bonchev–Trinajstić information content (AvgIpc) is 3.25. The third kappa shape index (κ3) is 4.43. The van der Waals surface area contributed by atoms with Gasteiger partial charge in [0.25, 0.3) is 5.89 Å². The molecule has 35 heavy (non-hydrogen) atoms. The zero-order valence-corrected chi connectivity index (χ0v) is 20.1. The molecule has 1 aliphatic rings. The fraction of sp³-hybridized carbons (Fsp3) is 0.227. The maximum Gasteiger partial charge on any atom is 0.412 e. The molecule has 1 amide bonds. The summed E-state index contributed by atoms with van der Waals surface area (Å²) in [5, 5.41) is 12.4. The second kappa shape index (κ2) is 8.88. The van der Waals surface area contributed by atoms with E-state index >= 15 is 0 Å². The Bertz CT molecular complexity index is 1500. The number of oxazole rings is 2. The molecular formula is C22H14Cl2N4O6S. The summed E-state index contributed by atoms with van der Waals surface area (Å²) in [4.78, 5) is 32.4. The van der Waals surface area contributed by atoms with Crippen LogP contribution < -0.4 is 5.32 Å². The first-order valence-electron chi connectivity index (χ1n) is 10.2. The Kier molecular flexibility index (Phi) is 5.88. The molecule has 0 aliphatic heterocycles. The van der Waals surface area contributed by atoms with Crippen molar-refractivity contribution in [2.24, 2.45) is 0 Å². The number of carbonyl (C=O) groups excluding carboxylic acids is 1. The summed E-state index contributed by atoms with van der Waals surface area (Å²) in [5.41, 5.74) is -0.157. The number of amides is 1. The molecule has 178 valence electrons. The van der Waals surface area contributed by atoms with E-state index in [4.69, 9.17) is 36.8 Å². The Balaban J connectivity index is 1.30. The second-order valence-corrected chi connectivity index (χ2v) is 9.20. The van der Waals surface area contributed by atoms with Crippen molar-refractivity contribution in [1.29, 1.82) is 0 Å². The molecule has 10 nitrogen and oxygen atoms in total. The van der Waals surface area contributed by atoms with Crippen LogP contribution in [0.25, 0.3) is 11.4 Å². The predicted octanol–water partition coefficient (Wildman–Crippen LogP) is 5.40. The number of carboxylic acid groups (broad SMARTS) is 1. The Labute approximate surface area is 211 Å². The van der Waals surface area contributed by atoms with Crippen LogP contribution in [0.15, 0.2) is 33.1 Å². The average molecular weight is 533 g/mol. The number of aromatic nitrogens is 3. The van der Waals surface area contributed by atoms with Crippen molar-refractivity contribution in [1.82, 2.24) is 14.3 Å². The minimum absolute atomic E-state index is 0.0108. The van der Waals surface area contributed by atoms with Gasteiger partial charge in [-0.2, -0.15) is 14.3 Å². The number of ether oxygens (including phenoxy) is 1. The number of fused-ring (bicyclic) bond motifs is 1. The number of carboxylic acids is 1. The van der Waals surface area contributed by atoms with Crippen LogP contribution in [-0.4, -0.2) is 31.5 Å². The highest BCUT2D eigenvalue weighted by atomic mass is 35.5. The zero-order chi connectivity index (χ0) is 24.7. The van der Waals surface area contributed by atoms with Crippen LogP contribution in [0.4, 0.5) is 10.5 Å². The van der Waals surface area contributed by atoms with E-state index in [9.17, 15) is 14.7 Å². The van der Waals surface area contributed by atoms with Crippen molar-refractivity contribution in [3.63, 3.8) is 0 Å². The normalized spacial score (nSPS) is 14.7. The molecule has 1 aliphatic carbocycles. The van der Waals surface area contributed by atoms with Gasteiger partial charge in [-0.1, -0.05) is 41.4 Å². The summed E-state index contributed by atoms with van der Waals surface area (Å²) in [6.45, 7) is 1.69. The lowest BCUT2D eigenvalue weighted by atomic mass is 10.1. The van der Waals surface area contributed by atoms with Gasteiger partial charge in [0.2, 0.25) is 11.5 Å². The van der Waals surface area contributed by atoms with Crippen molar-refractivity contribution in [3.8, 4) is 11.8 Å². The van der Waals surface area contributed by atoms with Crippen LogP contribution in [0.5, 0.6) is 0 Å². The van der Waals surface area contributed by atoms with Gasteiger partial charge in [-0.15, -0.1) is 0 Å². The Hall–Kier alpha value is -3.59. The van der Waals surface area contributed by atoms with Crippen molar-refractivity contribution in [2.75, 3.05) is 5.32 Å². The summed E-state index contributed by atoms with van der Waals surface area (Å²) in [6, 6.07) is 7.03. The Morgan fingerprint density at radius 3 is 2.69 bits per heavy atom. The number of hydrogen-bond donors (Lipinski definition) is 2. The Morgan fingerprint density at radius 2 is 2.00 bits per heavy atom. The van der Waals surface area contributed by atoms with Gasteiger partial charge in [0, 0.05) is 10.6 Å². The van der Waals surface area contributed by atoms with Gasteiger partial charge >= 0.3 is 17.8 Å². The number of carbonyl (C=O) groups is 2. The molecule has 1 atom stereocenters. The first kappa shape index (κ1) is 23.2. The first-order chi connectivity index (χ1) is 16.8. The predicted molar refractivity (Wildman–Crippen MR) is 126 cm³/mol. The summed E-state index contributed by atoms with van der Waals surface area (Å²) >= 11 is 13.2. The lowest BCUT2D eigenvalue weighted by Gasteiger charge is -2.15. The van der Waals surface area contributed by atoms with E-state index in [1.54, 1.807) is 31.2 Å². The van der Waals surface area contributed by atoms with Crippen molar-refractivity contribution >= 4 is 63.9 Å². The van der Waals surface area contributed by atoms with Gasteiger partial charge in [0.1, 0.15) is 22.1 Å². The molecule has 1 unspecified atom stereocenters. The number of aliphatic carboxylic acids is 1. The minimum atomic E-state index is -1.10. The van der Waals surface area contributed by atoms with Crippen LogP contribution in [0.2, 0.25) is 10.2 Å². The SMILES string of the molecule is CC(OC(=O)Nc1c(Cl)nsc1C#Cc1nc2nc(C3(C(=O)O)CC3)oc2o1)c1ccccc1Cl. The van der Waals surface area contributed by atoms with Crippen LogP contribution in [-0.2, 0) is 14.9 Å². The summed E-state index contributed by atoms with van der Waals surface area (Å²) < 4.78 is 20.3. The smallest absolute Gasteiger partial charge is 0.412 e. The van der Waals surface area contributed by atoms with Gasteiger partial charge in [-0.25, -0.2) is 4.79 Å². The third-order valence-electron chi connectivity index (χ3n) is 5.33. The van der Waals surface area contributed by atoms with Crippen LogP contribution >= 0.6 is 34.7 Å². The molecule has 0 bridgehead atoms. The largest absolute Gasteiger partial charge is 0.480 e. The zero-order valence-electron chi connectivity index (χ0n) is 17.8. The van der Waals surface area contributed by atoms with E-state index in [0.717, 1.165) is 11.5 Å². The molecule has 4 aromatic rings. The standard InChI is InChI=1S/C22H14Cl2N4O6S/c1-10(11-4-2-3-5-12(11)23)32-21(31)26-15-13(35-28-16(15)24)6-7-14-25-17-18(33-14)34-19(27-17)22(8-9-22)20(29)30/h2-5,10H,8-9H2,1H3,(H,26,31)(H,29,30). The van der Waals surface area contributed by atoms with E-state index in [2.05, 4.69) is 31.5 Å². The molecule has 3 aromatic heterocycles. The number of nitrogens with one attached hydrogen (secondary N) is 1. The van der Waals surface area contributed by atoms with Crippen LogP contribution in [0, 0.1) is 11.8 Å². The molecule has 13 heteroatoms. The molecule has 2 N–H and O–H groups in total. The topological polar surface area (TPSA) is 141 Å². The maximum absolute atomic E-state index is 12.4. The number of halogens is 2. The van der Waals surface area contributed by atoms with Gasteiger partial charge in [-0.3, -0.25) is 10.1 Å². The summed E-state index contributed by atoms with van der Waals surface area (Å²) in [5.74, 6) is 4.52. The van der Waals surface area contributed by atoms with Crippen LogP contribution in [0.1, 0.15) is 48.1 Å². The highest BCUT2D eigenvalue weighted by Gasteiger charge is 2.56. The summed E-state index contributed by atoms with van der Waals surface area (Å²) in [7, 11) is 0. The first-order valence-corrected chi connectivity index (χ1v) is 11.7. The molecule has 0 saturated heterocycles. The third-order valence-corrected chi connectivity index (χ3v) is 6.81. The molecule has 0 radical (unpaired) electrons. The molecule has 1 saturated carbocycles. The van der Waals surface area contributed by atoms with Gasteiger partial charge in [-0.05, 0) is 49.2 Å². The fourth-order valence-electron chi connectivity index (χ4n) is 3.28. The number of rotatable bonds is 5. The van der Waals surface area contributed by atoms with E-state index in [0.29, 0.717) is 28.3 Å². The monoisotopic (exact) mass is 532 g/mol. The molecule has 0 spiro atoms. The number of benzene rings is 1. The van der Waals surface area contributed by atoms with E-state index in [-0.39, 0.29) is 34.0 Å². The fourth-order valence-corrected chi connectivity index (χ4v) is 4.47. The van der Waals surface area contributed by atoms with Gasteiger partial charge in [0.15, 0.2) is 5.15 Å². The summed E-state index contributed by atoms with van der Waals surface area (Å²) in [6.07, 6.45) is -0.487. The van der Waals surface area contributed by atoms with Gasteiger partial charge in [0.05, 0.1) is 0 Å². The van der Waals surface area contributed by atoms with Crippen LogP contribution in [0.3, 0.4) is 0 Å². The van der Waals surface area contributed by atoms with E-state index in [1.165, 1.54) is 0 Å². The molecule has 5 rings (SSSR count). The number of hydrogen-bond acceptors (Lipinski definition) is 9.